The highest BCUT2D eigenvalue weighted by atomic mass is 35.5. The van der Waals surface area contributed by atoms with Gasteiger partial charge in [-0.05, 0) is 43.7 Å². The normalized spacial score (nSPS) is 10.6. The SMILES string of the molecule is Cl.OCCN(CCO)CCCCCCCCOc1ccc(O)cc1. The van der Waals surface area contributed by atoms with Gasteiger partial charge in [-0.15, -0.1) is 12.4 Å². The van der Waals surface area contributed by atoms with Gasteiger partial charge in [0, 0.05) is 13.1 Å². The van der Waals surface area contributed by atoms with E-state index in [2.05, 4.69) is 4.90 Å². The first-order valence-corrected chi connectivity index (χ1v) is 8.62. The minimum atomic E-state index is 0. The highest BCUT2D eigenvalue weighted by Crippen LogP contribution is 2.16. The highest BCUT2D eigenvalue weighted by molar-refractivity contribution is 5.85. The predicted octanol–water partition coefficient (Wildman–Crippen LogP) is 2.82. The summed E-state index contributed by atoms with van der Waals surface area (Å²) in [4.78, 5) is 2.10. The van der Waals surface area contributed by atoms with E-state index >= 15 is 0 Å². The van der Waals surface area contributed by atoms with Gasteiger partial charge in [0.2, 0.25) is 0 Å². The third-order valence-corrected chi connectivity index (χ3v) is 3.81. The van der Waals surface area contributed by atoms with Crippen LogP contribution >= 0.6 is 12.4 Å². The Morgan fingerprint density at radius 2 is 1.29 bits per heavy atom. The second kappa shape index (κ2) is 15.5. The summed E-state index contributed by atoms with van der Waals surface area (Å²) in [7, 11) is 0. The van der Waals surface area contributed by atoms with Crippen LogP contribution in [0.25, 0.3) is 0 Å². The summed E-state index contributed by atoms with van der Waals surface area (Å²) in [5.74, 6) is 1.06. The van der Waals surface area contributed by atoms with E-state index in [1.54, 1.807) is 24.3 Å². The number of ether oxygens (including phenoxy) is 1. The van der Waals surface area contributed by atoms with E-state index in [1.807, 2.05) is 0 Å². The number of aliphatic hydroxyl groups excluding tert-OH is 2. The van der Waals surface area contributed by atoms with Crippen molar-refractivity contribution in [2.45, 2.75) is 38.5 Å². The molecule has 6 heteroatoms. The van der Waals surface area contributed by atoms with Crippen LogP contribution in [-0.4, -0.2) is 59.7 Å². The molecule has 140 valence electrons. The molecule has 0 aromatic heterocycles. The summed E-state index contributed by atoms with van der Waals surface area (Å²) < 4.78 is 5.61. The van der Waals surface area contributed by atoms with Crippen LogP contribution in [0.15, 0.2) is 24.3 Å². The summed E-state index contributed by atoms with van der Waals surface area (Å²) >= 11 is 0. The molecule has 3 N–H and O–H groups in total. The molecule has 0 aliphatic carbocycles. The minimum absolute atomic E-state index is 0. The zero-order valence-corrected chi connectivity index (χ0v) is 15.2. The second-order valence-electron chi connectivity index (χ2n) is 5.75. The molecule has 24 heavy (non-hydrogen) atoms. The van der Waals surface area contributed by atoms with E-state index in [4.69, 9.17) is 14.9 Å². The van der Waals surface area contributed by atoms with Crippen LogP contribution in [0, 0.1) is 0 Å². The van der Waals surface area contributed by atoms with Gasteiger partial charge in [-0.25, -0.2) is 0 Å². The number of rotatable bonds is 14. The molecule has 0 saturated carbocycles. The largest absolute Gasteiger partial charge is 0.508 e. The van der Waals surface area contributed by atoms with Crippen LogP contribution in [0.5, 0.6) is 11.5 Å². The summed E-state index contributed by atoms with van der Waals surface area (Å²) in [6.07, 6.45) is 6.93. The molecule has 0 atom stereocenters. The van der Waals surface area contributed by atoms with E-state index in [0.717, 1.165) is 31.6 Å². The predicted molar refractivity (Wildman–Crippen MR) is 99.2 cm³/mol. The number of benzene rings is 1. The molecular weight excluding hydrogens is 330 g/mol. The number of hydrogen-bond donors (Lipinski definition) is 3. The Kier molecular flexibility index (Phi) is 14.9. The van der Waals surface area contributed by atoms with Crippen LogP contribution < -0.4 is 4.74 Å². The molecule has 0 amide bonds. The fourth-order valence-electron chi connectivity index (χ4n) is 2.50. The molecule has 0 aliphatic heterocycles. The van der Waals surface area contributed by atoms with Crippen LogP contribution in [0.1, 0.15) is 38.5 Å². The second-order valence-corrected chi connectivity index (χ2v) is 5.75. The number of hydrogen-bond acceptors (Lipinski definition) is 5. The summed E-state index contributed by atoms with van der Waals surface area (Å²) in [6.45, 7) is 3.27. The smallest absolute Gasteiger partial charge is 0.119 e. The monoisotopic (exact) mass is 361 g/mol. The number of aliphatic hydroxyl groups is 2. The quantitative estimate of drug-likeness (QED) is 0.444. The zero-order valence-electron chi connectivity index (χ0n) is 14.4. The van der Waals surface area contributed by atoms with Crippen molar-refractivity contribution in [2.75, 3.05) is 39.5 Å². The van der Waals surface area contributed by atoms with Crippen molar-refractivity contribution in [3.63, 3.8) is 0 Å². The minimum Gasteiger partial charge on any atom is -0.508 e. The number of halogens is 1. The molecular formula is C18H32ClNO4. The first kappa shape index (κ1) is 23.0. The topological polar surface area (TPSA) is 73.2 Å². The van der Waals surface area contributed by atoms with Crippen molar-refractivity contribution < 1.29 is 20.1 Å². The fraction of sp³-hybridized carbons (Fsp3) is 0.667. The fourth-order valence-corrected chi connectivity index (χ4v) is 2.50. The van der Waals surface area contributed by atoms with Crippen molar-refractivity contribution in [1.29, 1.82) is 0 Å². The van der Waals surface area contributed by atoms with Gasteiger partial charge < -0.3 is 20.1 Å². The van der Waals surface area contributed by atoms with E-state index < -0.39 is 0 Å². The molecule has 0 spiro atoms. The van der Waals surface area contributed by atoms with Gasteiger partial charge in [0.1, 0.15) is 11.5 Å². The highest BCUT2D eigenvalue weighted by Gasteiger charge is 2.02. The third kappa shape index (κ3) is 11.5. The zero-order chi connectivity index (χ0) is 16.8. The van der Waals surface area contributed by atoms with Crippen LogP contribution in [0.3, 0.4) is 0 Å². The van der Waals surface area contributed by atoms with E-state index in [9.17, 15) is 5.11 Å². The van der Waals surface area contributed by atoms with Crippen molar-refractivity contribution >= 4 is 12.4 Å². The first-order chi connectivity index (χ1) is 11.3. The lowest BCUT2D eigenvalue weighted by atomic mass is 10.1. The molecule has 0 aliphatic rings. The Bertz CT molecular complexity index is 383. The molecule has 1 rings (SSSR count). The van der Waals surface area contributed by atoms with Crippen LogP contribution in [-0.2, 0) is 0 Å². The Hall–Kier alpha value is -1.01. The molecule has 0 heterocycles. The maximum Gasteiger partial charge on any atom is 0.119 e. The van der Waals surface area contributed by atoms with Gasteiger partial charge in [-0.3, -0.25) is 4.90 Å². The van der Waals surface area contributed by atoms with Gasteiger partial charge in [0.15, 0.2) is 0 Å². The van der Waals surface area contributed by atoms with E-state index in [-0.39, 0.29) is 31.4 Å². The van der Waals surface area contributed by atoms with Gasteiger partial charge in [0.25, 0.3) is 0 Å². The molecule has 5 nitrogen and oxygen atoms in total. The lowest BCUT2D eigenvalue weighted by Crippen LogP contribution is -2.30. The third-order valence-electron chi connectivity index (χ3n) is 3.81. The number of unbranched alkanes of at least 4 members (excludes halogenated alkanes) is 5. The van der Waals surface area contributed by atoms with Gasteiger partial charge in [-0.2, -0.15) is 0 Å². The summed E-state index contributed by atoms with van der Waals surface area (Å²) in [5, 5.41) is 27.0. The molecule has 1 aromatic rings. The first-order valence-electron chi connectivity index (χ1n) is 8.62. The van der Waals surface area contributed by atoms with Crippen molar-refractivity contribution in [3.8, 4) is 11.5 Å². The van der Waals surface area contributed by atoms with Gasteiger partial charge in [-0.1, -0.05) is 25.7 Å². The molecule has 0 bridgehead atoms. The molecule has 0 saturated heterocycles. The molecule has 0 fully saturated rings. The van der Waals surface area contributed by atoms with E-state index in [1.165, 1.54) is 19.3 Å². The average Bonchev–Trinajstić information content (AvgIpc) is 2.55. The standard InChI is InChI=1S/C18H31NO4.ClH/c20-14-12-19(13-15-21)11-5-3-1-2-4-6-16-23-18-9-7-17(22)8-10-18;/h7-10,20-22H,1-6,11-16H2;1H. The van der Waals surface area contributed by atoms with Crippen LogP contribution in [0.2, 0.25) is 0 Å². The Labute approximate surface area is 151 Å². The van der Waals surface area contributed by atoms with E-state index in [0.29, 0.717) is 19.7 Å². The Balaban J connectivity index is 0.00000529. The summed E-state index contributed by atoms with van der Waals surface area (Å²) in [5.41, 5.74) is 0. The van der Waals surface area contributed by atoms with Crippen molar-refractivity contribution in [3.05, 3.63) is 24.3 Å². The van der Waals surface area contributed by atoms with Crippen molar-refractivity contribution in [2.24, 2.45) is 0 Å². The van der Waals surface area contributed by atoms with Gasteiger partial charge >= 0.3 is 0 Å². The number of nitrogens with zero attached hydrogens (tertiary/aromatic N) is 1. The van der Waals surface area contributed by atoms with Crippen molar-refractivity contribution in [1.82, 2.24) is 4.90 Å². The maximum atomic E-state index is 9.18. The van der Waals surface area contributed by atoms with Gasteiger partial charge in [0.05, 0.1) is 19.8 Å². The average molecular weight is 362 g/mol. The Morgan fingerprint density at radius 3 is 1.88 bits per heavy atom. The van der Waals surface area contributed by atoms with Crippen LogP contribution in [0.4, 0.5) is 0 Å². The lowest BCUT2D eigenvalue weighted by molar-refractivity contribution is 0.159. The lowest BCUT2D eigenvalue weighted by Gasteiger charge is -2.19. The Morgan fingerprint density at radius 1 is 0.750 bits per heavy atom. The molecule has 0 radical (unpaired) electrons. The number of phenolic OH excluding ortho intramolecular Hbond substituents is 1. The molecule has 1 aromatic carbocycles. The molecule has 0 unspecified atom stereocenters. The maximum absolute atomic E-state index is 9.18. The summed E-state index contributed by atoms with van der Waals surface area (Å²) in [6, 6.07) is 6.82. The number of phenols is 1. The number of aromatic hydroxyl groups is 1.